The van der Waals surface area contributed by atoms with Gasteiger partial charge in [0, 0.05) is 0 Å². The van der Waals surface area contributed by atoms with E-state index in [1.165, 1.54) is 12.1 Å². The summed E-state index contributed by atoms with van der Waals surface area (Å²) in [6.07, 6.45) is 0.361. The summed E-state index contributed by atoms with van der Waals surface area (Å²) in [5.41, 5.74) is 7.40. The molecule has 0 spiro atoms. The van der Waals surface area contributed by atoms with Gasteiger partial charge < -0.3 is 10.8 Å². The van der Waals surface area contributed by atoms with Crippen LogP contribution in [0.25, 0.3) is 10.8 Å². The SMILES string of the molecule is Cc1ccc(S(=O)(=O)O)cc1.N[C@@H](Cc1ccc2ccccc2c1)C(=O)O. The summed E-state index contributed by atoms with van der Waals surface area (Å²) in [5, 5.41) is 11.0. The lowest BCUT2D eigenvalue weighted by atomic mass is 10.0. The lowest BCUT2D eigenvalue weighted by Gasteiger charge is -2.07. The number of carbonyl (C=O) groups is 1. The maximum atomic E-state index is 10.6. The quantitative estimate of drug-likeness (QED) is 0.592. The van der Waals surface area contributed by atoms with Gasteiger partial charge in [0.25, 0.3) is 10.1 Å². The first-order chi connectivity index (χ1) is 12.7. The zero-order chi connectivity index (χ0) is 20.0. The van der Waals surface area contributed by atoms with Gasteiger partial charge in [-0.2, -0.15) is 8.42 Å². The Morgan fingerprint density at radius 1 is 1.00 bits per heavy atom. The zero-order valence-electron chi connectivity index (χ0n) is 14.7. The Bertz CT molecular complexity index is 1030. The highest BCUT2D eigenvalue weighted by atomic mass is 32.2. The van der Waals surface area contributed by atoms with Crippen molar-refractivity contribution in [1.29, 1.82) is 0 Å². The Kier molecular flexibility index (Phi) is 6.68. The smallest absolute Gasteiger partial charge is 0.320 e. The van der Waals surface area contributed by atoms with Gasteiger partial charge >= 0.3 is 5.97 Å². The van der Waals surface area contributed by atoms with Gasteiger partial charge in [-0.15, -0.1) is 0 Å². The summed E-state index contributed by atoms with van der Waals surface area (Å²) >= 11 is 0. The molecule has 0 radical (unpaired) electrons. The molecule has 3 aromatic rings. The second-order valence-corrected chi connectivity index (χ2v) is 7.54. The Morgan fingerprint density at radius 2 is 1.59 bits per heavy atom. The van der Waals surface area contributed by atoms with Crippen LogP contribution in [0.2, 0.25) is 0 Å². The minimum absolute atomic E-state index is 0.0666. The number of hydrogen-bond donors (Lipinski definition) is 3. The van der Waals surface area contributed by atoms with Gasteiger partial charge in [0.2, 0.25) is 0 Å². The standard InChI is InChI=1S/C13H13NO2.C7H8O3S/c14-12(13(15)16)8-9-5-6-10-3-1-2-4-11(10)7-9;1-6-2-4-7(5-3-6)11(8,9)10/h1-7,12H,8,14H2,(H,15,16);2-5H,1H3,(H,8,9,10)/t12-;/m0./s1. The van der Waals surface area contributed by atoms with E-state index in [9.17, 15) is 13.2 Å². The van der Waals surface area contributed by atoms with Crippen molar-refractivity contribution in [2.45, 2.75) is 24.3 Å². The van der Waals surface area contributed by atoms with Crippen LogP contribution in [0.3, 0.4) is 0 Å². The van der Waals surface area contributed by atoms with Gasteiger partial charge in [-0.1, -0.05) is 60.2 Å². The number of aliphatic carboxylic acids is 1. The van der Waals surface area contributed by atoms with Crippen LogP contribution in [0.15, 0.2) is 71.6 Å². The van der Waals surface area contributed by atoms with Crippen molar-refractivity contribution in [3.63, 3.8) is 0 Å². The van der Waals surface area contributed by atoms with Gasteiger partial charge in [-0.3, -0.25) is 9.35 Å². The second kappa shape index (κ2) is 8.77. The van der Waals surface area contributed by atoms with Crippen LogP contribution < -0.4 is 5.73 Å². The number of carboxylic acid groups (broad SMARTS) is 1. The van der Waals surface area contributed by atoms with E-state index in [0.29, 0.717) is 6.42 Å². The first-order valence-electron chi connectivity index (χ1n) is 8.17. The molecule has 0 aliphatic heterocycles. The average molecular weight is 387 g/mol. The lowest BCUT2D eigenvalue weighted by Crippen LogP contribution is -2.32. The molecule has 3 aromatic carbocycles. The van der Waals surface area contributed by atoms with E-state index >= 15 is 0 Å². The van der Waals surface area contributed by atoms with E-state index in [2.05, 4.69) is 0 Å². The summed E-state index contributed by atoms with van der Waals surface area (Å²) in [6, 6.07) is 19.0. The van der Waals surface area contributed by atoms with Crippen LogP contribution in [-0.4, -0.2) is 30.1 Å². The molecular formula is C20H21NO5S. The molecule has 142 valence electrons. The van der Waals surface area contributed by atoms with Crippen molar-refractivity contribution in [2.75, 3.05) is 0 Å². The maximum Gasteiger partial charge on any atom is 0.320 e. The molecule has 0 fully saturated rings. The van der Waals surface area contributed by atoms with Crippen LogP contribution >= 0.6 is 0 Å². The van der Waals surface area contributed by atoms with Crippen molar-refractivity contribution in [3.8, 4) is 0 Å². The van der Waals surface area contributed by atoms with Crippen LogP contribution in [0.4, 0.5) is 0 Å². The van der Waals surface area contributed by atoms with E-state index in [-0.39, 0.29) is 4.90 Å². The summed E-state index contributed by atoms with van der Waals surface area (Å²) < 4.78 is 29.6. The summed E-state index contributed by atoms with van der Waals surface area (Å²) in [7, 11) is -4.02. The normalized spacial score (nSPS) is 12.1. The number of fused-ring (bicyclic) bond motifs is 1. The highest BCUT2D eigenvalue weighted by molar-refractivity contribution is 7.85. The summed E-state index contributed by atoms with van der Waals surface area (Å²) in [6.45, 7) is 1.84. The van der Waals surface area contributed by atoms with Crippen molar-refractivity contribution >= 4 is 26.9 Å². The third-order valence-electron chi connectivity index (χ3n) is 3.91. The van der Waals surface area contributed by atoms with E-state index in [4.69, 9.17) is 15.4 Å². The van der Waals surface area contributed by atoms with E-state index in [1.54, 1.807) is 12.1 Å². The summed E-state index contributed by atoms with van der Waals surface area (Å²) in [4.78, 5) is 10.6. The number of carboxylic acids is 1. The molecule has 0 amide bonds. The second-order valence-electron chi connectivity index (χ2n) is 6.12. The molecule has 7 heteroatoms. The predicted octanol–water partition coefficient (Wildman–Crippen LogP) is 3.04. The van der Waals surface area contributed by atoms with Crippen molar-refractivity contribution in [1.82, 2.24) is 0 Å². The monoisotopic (exact) mass is 387 g/mol. The maximum absolute atomic E-state index is 10.6. The highest BCUT2D eigenvalue weighted by Crippen LogP contribution is 2.16. The first kappa shape index (κ1) is 20.6. The van der Waals surface area contributed by atoms with Crippen molar-refractivity contribution < 1.29 is 22.9 Å². The van der Waals surface area contributed by atoms with Crippen molar-refractivity contribution in [2.24, 2.45) is 5.73 Å². The Hall–Kier alpha value is -2.74. The Morgan fingerprint density at radius 3 is 2.15 bits per heavy atom. The predicted molar refractivity (Wildman–Crippen MR) is 104 cm³/mol. The van der Waals surface area contributed by atoms with Gasteiger partial charge in [-0.05, 0) is 41.8 Å². The van der Waals surface area contributed by atoms with Crippen LogP contribution in [0.5, 0.6) is 0 Å². The molecule has 0 aromatic heterocycles. The number of aryl methyl sites for hydroxylation is 1. The number of hydrogen-bond acceptors (Lipinski definition) is 4. The minimum atomic E-state index is -4.02. The summed E-state index contributed by atoms with van der Waals surface area (Å²) in [5.74, 6) is -0.965. The molecule has 0 bridgehead atoms. The third-order valence-corrected chi connectivity index (χ3v) is 4.77. The Labute approximate surface area is 158 Å². The first-order valence-corrected chi connectivity index (χ1v) is 9.61. The van der Waals surface area contributed by atoms with E-state index in [0.717, 1.165) is 21.9 Å². The molecule has 0 saturated carbocycles. The minimum Gasteiger partial charge on any atom is -0.480 e. The van der Waals surface area contributed by atoms with Crippen LogP contribution in [0, 0.1) is 6.92 Å². The molecule has 6 nitrogen and oxygen atoms in total. The van der Waals surface area contributed by atoms with Gasteiger partial charge in [0.1, 0.15) is 6.04 Å². The molecule has 0 aliphatic rings. The third kappa shape index (κ3) is 6.18. The van der Waals surface area contributed by atoms with E-state index < -0.39 is 22.1 Å². The molecular weight excluding hydrogens is 366 g/mol. The molecule has 0 saturated heterocycles. The topological polar surface area (TPSA) is 118 Å². The fourth-order valence-electron chi connectivity index (χ4n) is 2.42. The molecule has 3 rings (SSSR count). The molecule has 0 unspecified atom stereocenters. The number of nitrogens with two attached hydrogens (primary N) is 1. The van der Waals surface area contributed by atoms with Crippen LogP contribution in [-0.2, 0) is 21.3 Å². The zero-order valence-corrected chi connectivity index (χ0v) is 15.6. The van der Waals surface area contributed by atoms with Crippen molar-refractivity contribution in [3.05, 3.63) is 77.9 Å². The molecule has 0 aliphatic carbocycles. The van der Waals surface area contributed by atoms with Gasteiger partial charge in [0.15, 0.2) is 0 Å². The fraction of sp³-hybridized carbons (Fsp3) is 0.150. The molecule has 1 atom stereocenters. The van der Waals surface area contributed by atoms with Gasteiger partial charge in [-0.25, -0.2) is 0 Å². The molecule has 0 heterocycles. The number of rotatable bonds is 4. The number of benzene rings is 3. The molecule has 27 heavy (non-hydrogen) atoms. The van der Waals surface area contributed by atoms with Gasteiger partial charge in [0.05, 0.1) is 4.90 Å². The Balaban J connectivity index is 0.000000208. The molecule has 4 N–H and O–H groups in total. The van der Waals surface area contributed by atoms with Crippen LogP contribution in [0.1, 0.15) is 11.1 Å². The highest BCUT2D eigenvalue weighted by Gasteiger charge is 2.12. The lowest BCUT2D eigenvalue weighted by molar-refractivity contribution is -0.138. The van der Waals surface area contributed by atoms with E-state index in [1.807, 2.05) is 49.4 Å². The average Bonchev–Trinajstić information content (AvgIpc) is 2.61. The largest absolute Gasteiger partial charge is 0.480 e. The fourth-order valence-corrected chi connectivity index (χ4v) is 2.90.